The van der Waals surface area contributed by atoms with Crippen molar-refractivity contribution in [3.63, 3.8) is 0 Å². The van der Waals surface area contributed by atoms with Gasteiger partial charge in [-0.2, -0.15) is 0 Å². The summed E-state index contributed by atoms with van der Waals surface area (Å²) in [7, 11) is 0. The first-order chi connectivity index (χ1) is 16.0. The van der Waals surface area contributed by atoms with Gasteiger partial charge in [0.2, 0.25) is 11.8 Å². The first kappa shape index (κ1) is 24.1. The van der Waals surface area contributed by atoms with Gasteiger partial charge in [0.15, 0.2) is 0 Å². The zero-order valence-electron chi connectivity index (χ0n) is 19.4. The van der Waals surface area contributed by atoms with E-state index in [0.29, 0.717) is 19.4 Å². The molecule has 2 bridgehead atoms. The number of hydrogen-bond donors (Lipinski definition) is 2. The Morgan fingerprint density at radius 1 is 1.30 bits per heavy atom. The van der Waals surface area contributed by atoms with Crippen LogP contribution in [0, 0.1) is 11.8 Å². The number of unbranched alkanes of at least 4 members (excludes halogenated alkanes) is 1. The number of hydrogen-bond acceptors (Lipinski definition) is 6. The molecule has 1 spiro atoms. The lowest BCUT2D eigenvalue weighted by Crippen LogP contribution is -2.57. The normalized spacial score (nSPS) is 30.9. The topological polar surface area (TPSA) is 95.9 Å². The van der Waals surface area contributed by atoms with Crippen LogP contribution >= 0.6 is 11.8 Å². The summed E-state index contributed by atoms with van der Waals surface area (Å²) in [5.41, 5.74) is 0.989. The highest BCUT2D eigenvalue weighted by Gasteiger charge is 2.74. The molecule has 0 saturated carbocycles. The van der Waals surface area contributed by atoms with Gasteiger partial charge in [0.05, 0.1) is 35.8 Å². The van der Waals surface area contributed by atoms with E-state index in [9.17, 15) is 19.5 Å². The Bertz CT molecular complexity index is 881. The van der Waals surface area contributed by atoms with E-state index in [2.05, 4.69) is 12.2 Å². The van der Waals surface area contributed by atoms with Crippen LogP contribution in [0.4, 0.5) is 0 Å². The lowest BCUT2D eigenvalue weighted by molar-refractivity contribution is -0.154. The molecule has 3 heterocycles. The highest BCUT2D eigenvalue weighted by Crippen LogP contribution is 2.66. The van der Waals surface area contributed by atoms with Crippen molar-refractivity contribution in [2.75, 3.05) is 19.8 Å². The lowest BCUT2D eigenvalue weighted by Gasteiger charge is -2.37. The van der Waals surface area contributed by atoms with E-state index < -0.39 is 28.7 Å². The molecule has 180 valence electrons. The molecular formula is C25H34N2O5S. The average molecular weight is 475 g/mol. The summed E-state index contributed by atoms with van der Waals surface area (Å²) in [4.78, 5) is 42.0. The van der Waals surface area contributed by atoms with Gasteiger partial charge < -0.3 is 20.1 Å². The van der Waals surface area contributed by atoms with Crippen molar-refractivity contribution in [2.24, 2.45) is 11.8 Å². The van der Waals surface area contributed by atoms with Gasteiger partial charge in [-0.1, -0.05) is 43.7 Å². The first-order valence-electron chi connectivity index (χ1n) is 12.1. The second-order valence-electron chi connectivity index (χ2n) is 9.22. The third-order valence-corrected chi connectivity index (χ3v) is 9.24. The van der Waals surface area contributed by atoms with E-state index in [1.807, 2.05) is 30.3 Å². The maximum absolute atomic E-state index is 13.9. The summed E-state index contributed by atoms with van der Waals surface area (Å²) in [6.07, 6.45) is 3.75. The Hall–Kier alpha value is -2.06. The summed E-state index contributed by atoms with van der Waals surface area (Å²) >= 11 is 1.62. The highest BCUT2D eigenvalue weighted by molar-refractivity contribution is 8.02. The summed E-state index contributed by atoms with van der Waals surface area (Å²) in [5.74, 6) is -1.85. The van der Waals surface area contributed by atoms with Crippen molar-refractivity contribution in [2.45, 2.75) is 68.0 Å². The maximum atomic E-state index is 13.9. The van der Waals surface area contributed by atoms with Gasteiger partial charge in [0.1, 0.15) is 6.04 Å². The molecule has 4 rings (SSSR count). The van der Waals surface area contributed by atoms with Crippen LogP contribution in [0.1, 0.15) is 45.1 Å². The second-order valence-corrected chi connectivity index (χ2v) is 10.8. The number of rotatable bonds is 10. The van der Waals surface area contributed by atoms with Crippen LogP contribution in [0.3, 0.4) is 0 Å². The van der Waals surface area contributed by atoms with Crippen LogP contribution in [0.15, 0.2) is 30.3 Å². The molecule has 3 fully saturated rings. The molecule has 1 aromatic rings. The van der Waals surface area contributed by atoms with E-state index in [0.717, 1.165) is 24.8 Å². The van der Waals surface area contributed by atoms with Crippen molar-refractivity contribution >= 4 is 29.5 Å². The minimum absolute atomic E-state index is 0.00667. The molecule has 0 radical (unpaired) electrons. The Labute approximate surface area is 199 Å². The Morgan fingerprint density at radius 3 is 2.73 bits per heavy atom. The number of ether oxygens (including phenoxy) is 1. The second kappa shape index (κ2) is 10.1. The predicted octanol–water partition coefficient (Wildman–Crippen LogP) is 2.16. The van der Waals surface area contributed by atoms with Crippen LogP contribution in [0.25, 0.3) is 0 Å². The molecular weight excluding hydrogens is 440 g/mol. The number of likely N-dealkylation sites (tertiary alicyclic amines) is 1. The summed E-state index contributed by atoms with van der Waals surface area (Å²) in [6.45, 7) is 4.39. The number of amides is 2. The standard InChI is InChI=1S/C25H34N2O5S/c1-3-5-13-26-22(29)21-25-12-11-18(33-25)19(24(31)32-4-2)20(25)23(30)27(21)17(15-28)14-16-9-7-6-8-10-16/h6-10,17-21,28H,3-5,11-15H2,1-2H3,(H,26,29)/t17-,18+,19-,20+,21?,25?/m1/s1. The quantitative estimate of drug-likeness (QED) is 0.399. The SMILES string of the molecule is CCCCNC(=O)C1N([C@@H](CO)Cc2ccccc2)C(=O)[C@@H]2[C@H](C(=O)OCC)[C@@H]3CCC12S3. The van der Waals surface area contributed by atoms with Gasteiger partial charge >= 0.3 is 5.97 Å². The van der Waals surface area contributed by atoms with Crippen LogP contribution in [0.2, 0.25) is 0 Å². The number of aliphatic hydroxyl groups is 1. The smallest absolute Gasteiger partial charge is 0.310 e. The van der Waals surface area contributed by atoms with Gasteiger partial charge in [0.25, 0.3) is 0 Å². The molecule has 0 aliphatic carbocycles. The Balaban J connectivity index is 1.70. The van der Waals surface area contributed by atoms with E-state index in [1.165, 1.54) is 0 Å². The fraction of sp³-hybridized carbons (Fsp3) is 0.640. The molecule has 2 N–H and O–H groups in total. The van der Waals surface area contributed by atoms with E-state index in [1.54, 1.807) is 23.6 Å². The van der Waals surface area contributed by atoms with Crippen LogP contribution in [-0.4, -0.2) is 69.6 Å². The summed E-state index contributed by atoms with van der Waals surface area (Å²) in [6, 6.07) is 8.44. The molecule has 33 heavy (non-hydrogen) atoms. The largest absolute Gasteiger partial charge is 0.466 e. The number of thioether (sulfide) groups is 1. The number of esters is 1. The van der Waals surface area contributed by atoms with E-state index in [4.69, 9.17) is 4.74 Å². The van der Waals surface area contributed by atoms with Gasteiger partial charge in [0, 0.05) is 11.8 Å². The van der Waals surface area contributed by atoms with Crippen molar-refractivity contribution in [3.8, 4) is 0 Å². The molecule has 7 nitrogen and oxygen atoms in total. The van der Waals surface area contributed by atoms with Gasteiger partial charge in [-0.15, -0.1) is 11.8 Å². The number of carbonyl (C=O) groups excluding carboxylic acids is 3. The predicted molar refractivity (Wildman–Crippen MR) is 127 cm³/mol. The molecule has 2 unspecified atom stereocenters. The third kappa shape index (κ3) is 4.16. The summed E-state index contributed by atoms with van der Waals surface area (Å²) < 4.78 is 4.70. The molecule has 3 aliphatic rings. The fourth-order valence-electron chi connectivity index (χ4n) is 5.91. The number of fused-ring (bicyclic) bond motifs is 1. The number of carbonyl (C=O) groups is 3. The first-order valence-corrected chi connectivity index (χ1v) is 13.0. The minimum Gasteiger partial charge on any atom is -0.466 e. The van der Waals surface area contributed by atoms with Gasteiger partial charge in [-0.05, 0) is 38.2 Å². The minimum atomic E-state index is -0.706. The van der Waals surface area contributed by atoms with Crippen LogP contribution in [0.5, 0.6) is 0 Å². The van der Waals surface area contributed by atoms with E-state index in [-0.39, 0.29) is 36.2 Å². The zero-order chi connectivity index (χ0) is 23.6. The molecule has 3 aliphatic heterocycles. The maximum Gasteiger partial charge on any atom is 0.310 e. The average Bonchev–Trinajstić information content (AvgIpc) is 3.46. The van der Waals surface area contributed by atoms with Gasteiger partial charge in [-0.25, -0.2) is 0 Å². The Morgan fingerprint density at radius 2 is 2.06 bits per heavy atom. The van der Waals surface area contributed by atoms with Crippen molar-refractivity contribution in [1.82, 2.24) is 10.2 Å². The fourth-order valence-corrected chi connectivity index (χ4v) is 8.11. The van der Waals surface area contributed by atoms with Crippen molar-refractivity contribution in [3.05, 3.63) is 35.9 Å². The van der Waals surface area contributed by atoms with Crippen molar-refractivity contribution < 1.29 is 24.2 Å². The molecule has 2 amide bonds. The highest BCUT2D eigenvalue weighted by atomic mass is 32.2. The van der Waals surface area contributed by atoms with Crippen molar-refractivity contribution in [1.29, 1.82) is 0 Å². The van der Waals surface area contributed by atoms with E-state index >= 15 is 0 Å². The molecule has 8 heteroatoms. The molecule has 1 aromatic carbocycles. The molecule has 0 aromatic heterocycles. The lowest BCUT2D eigenvalue weighted by atomic mass is 9.71. The monoisotopic (exact) mass is 474 g/mol. The zero-order valence-corrected chi connectivity index (χ0v) is 20.2. The number of benzene rings is 1. The summed E-state index contributed by atoms with van der Waals surface area (Å²) in [5, 5.41) is 13.4. The number of nitrogens with one attached hydrogen (secondary N) is 1. The van der Waals surface area contributed by atoms with Crippen LogP contribution < -0.4 is 5.32 Å². The Kier molecular flexibility index (Phi) is 7.34. The number of aliphatic hydroxyl groups excluding tert-OH is 1. The third-order valence-electron chi connectivity index (χ3n) is 7.29. The molecule has 3 saturated heterocycles. The number of nitrogens with zero attached hydrogens (tertiary/aromatic N) is 1. The molecule has 6 atom stereocenters. The van der Waals surface area contributed by atoms with Gasteiger partial charge in [-0.3, -0.25) is 14.4 Å². The van der Waals surface area contributed by atoms with Crippen LogP contribution in [-0.2, 0) is 25.5 Å².